The van der Waals surface area contributed by atoms with E-state index in [4.69, 9.17) is 4.74 Å². The van der Waals surface area contributed by atoms with Gasteiger partial charge in [0.15, 0.2) is 0 Å². The second-order valence-electron chi connectivity index (χ2n) is 5.74. The second kappa shape index (κ2) is 4.88. The highest BCUT2D eigenvalue weighted by Crippen LogP contribution is 2.16. The van der Waals surface area contributed by atoms with Gasteiger partial charge in [0.1, 0.15) is 5.82 Å². The van der Waals surface area contributed by atoms with Crippen LogP contribution in [0.5, 0.6) is 0 Å². The fraction of sp³-hybridized carbons (Fsp3) is 0.467. The van der Waals surface area contributed by atoms with Crippen LogP contribution < -0.4 is 5.56 Å². The van der Waals surface area contributed by atoms with Gasteiger partial charge in [-0.3, -0.25) is 4.79 Å². The Bertz CT molecular complexity index is 921. The van der Waals surface area contributed by atoms with Crippen molar-refractivity contribution < 1.29 is 4.74 Å². The van der Waals surface area contributed by atoms with Crippen LogP contribution in [0.1, 0.15) is 24.4 Å². The lowest BCUT2D eigenvalue weighted by atomic mass is 10.2. The van der Waals surface area contributed by atoms with Crippen LogP contribution >= 0.6 is 0 Å². The van der Waals surface area contributed by atoms with Crippen LogP contribution in [0.4, 0.5) is 0 Å². The van der Waals surface area contributed by atoms with E-state index in [0.29, 0.717) is 29.2 Å². The second-order valence-corrected chi connectivity index (χ2v) is 5.74. The fourth-order valence-electron chi connectivity index (χ4n) is 3.08. The van der Waals surface area contributed by atoms with Gasteiger partial charge in [0, 0.05) is 12.8 Å². The number of aryl methyl sites for hydroxylation is 2. The highest BCUT2D eigenvalue weighted by Gasteiger charge is 2.18. The predicted molar refractivity (Wildman–Crippen MR) is 81.0 cm³/mol. The summed E-state index contributed by atoms with van der Waals surface area (Å²) in [6.07, 6.45) is 4.00. The molecular formula is C15H17N5O2. The number of ether oxygens (including phenoxy) is 1. The van der Waals surface area contributed by atoms with E-state index in [1.807, 2.05) is 26.1 Å². The van der Waals surface area contributed by atoms with Gasteiger partial charge in [0.05, 0.1) is 29.2 Å². The summed E-state index contributed by atoms with van der Waals surface area (Å²) in [6, 6.07) is 1.90. The van der Waals surface area contributed by atoms with Gasteiger partial charge in [-0.05, 0) is 32.8 Å². The number of nitrogens with zero attached hydrogens (tertiary/aromatic N) is 5. The van der Waals surface area contributed by atoms with E-state index in [-0.39, 0.29) is 11.7 Å². The Kier molecular flexibility index (Phi) is 2.97. The lowest BCUT2D eigenvalue weighted by molar-refractivity contribution is 0.0963. The minimum atomic E-state index is -0.0481. The van der Waals surface area contributed by atoms with Gasteiger partial charge in [0.25, 0.3) is 11.3 Å². The number of rotatable bonds is 2. The van der Waals surface area contributed by atoms with Crippen LogP contribution in [0.15, 0.2) is 17.1 Å². The van der Waals surface area contributed by atoms with E-state index in [9.17, 15) is 4.79 Å². The topological polar surface area (TPSA) is 74.3 Å². The first-order valence-electron chi connectivity index (χ1n) is 7.48. The summed E-state index contributed by atoms with van der Waals surface area (Å²) >= 11 is 0. The molecule has 0 N–H and O–H groups in total. The zero-order valence-electron chi connectivity index (χ0n) is 12.6. The molecule has 3 aromatic heterocycles. The molecule has 0 radical (unpaired) electrons. The van der Waals surface area contributed by atoms with Gasteiger partial charge in [-0.2, -0.15) is 9.50 Å². The Morgan fingerprint density at radius 1 is 1.36 bits per heavy atom. The molecule has 0 unspecified atom stereocenters. The third-order valence-electron chi connectivity index (χ3n) is 4.12. The third kappa shape index (κ3) is 2.00. The molecule has 7 heteroatoms. The largest absolute Gasteiger partial charge is 0.376 e. The van der Waals surface area contributed by atoms with E-state index >= 15 is 0 Å². The maximum atomic E-state index is 12.8. The van der Waals surface area contributed by atoms with Crippen molar-refractivity contribution in [3.8, 4) is 0 Å². The zero-order chi connectivity index (χ0) is 15.3. The zero-order valence-corrected chi connectivity index (χ0v) is 12.6. The van der Waals surface area contributed by atoms with Gasteiger partial charge in [-0.15, -0.1) is 5.10 Å². The molecule has 0 aromatic carbocycles. The van der Waals surface area contributed by atoms with Crippen molar-refractivity contribution in [2.45, 2.75) is 39.3 Å². The third-order valence-corrected chi connectivity index (χ3v) is 4.12. The molecule has 114 valence electrons. The molecule has 0 spiro atoms. The first kappa shape index (κ1) is 13.4. The van der Waals surface area contributed by atoms with Gasteiger partial charge in [0.2, 0.25) is 0 Å². The molecule has 1 aliphatic rings. The summed E-state index contributed by atoms with van der Waals surface area (Å²) in [5, 5.41) is 4.92. The molecule has 3 aromatic rings. The van der Waals surface area contributed by atoms with Crippen LogP contribution in [0, 0.1) is 13.8 Å². The van der Waals surface area contributed by atoms with Gasteiger partial charge < -0.3 is 9.30 Å². The molecule has 0 bridgehead atoms. The Morgan fingerprint density at radius 2 is 2.23 bits per heavy atom. The summed E-state index contributed by atoms with van der Waals surface area (Å²) < 4.78 is 8.97. The Hall–Kier alpha value is -2.28. The van der Waals surface area contributed by atoms with Crippen LogP contribution in [0.25, 0.3) is 16.7 Å². The number of hydrogen-bond donors (Lipinski definition) is 0. The van der Waals surface area contributed by atoms with Crippen LogP contribution in [-0.2, 0) is 11.3 Å². The molecule has 22 heavy (non-hydrogen) atoms. The summed E-state index contributed by atoms with van der Waals surface area (Å²) in [4.78, 5) is 21.5. The van der Waals surface area contributed by atoms with Crippen molar-refractivity contribution in [3.63, 3.8) is 0 Å². The molecule has 1 atom stereocenters. The molecule has 4 rings (SSSR count). The molecular weight excluding hydrogens is 282 g/mol. The van der Waals surface area contributed by atoms with E-state index in [1.165, 1.54) is 0 Å². The van der Waals surface area contributed by atoms with Crippen molar-refractivity contribution >= 4 is 16.7 Å². The van der Waals surface area contributed by atoms with E-state index in [1.54, 1.807) is 9.08 Å². The van der Waals surface area contributed by atoms with Crippen molar-refractivity contribution in [2.75, 3.05) is 6.61 Å². The maximum Gasteiger partial charge on any atom is 0.261 e. The van der Waals surface area contributed by atoms with E-state index in [2.05, 4.69) is 15.1 Å². The molecule has 1 aliphatic heterocycles. The standard InChI is InChI=1S/C15H17N5O2/c1-9-13-12(20-15(16-9)17-10(2)18-20)5-6-19(14(13)21)8-11-4-3-7-22-11/h5-6,11H,3-4,7-8H2,1-2H3/t11-/m0/s1. The monoisotopic (exact) mass is 299 g/mol. The smallest absolute Gasteiger partial charge is 0.261 e. The SMILES string of the molecule is Cc1nc2nc(C)c3c(=O)n(C[C@@H]4CCCO4)ccc3n2n1. The minimum Gasteiger partial charge on any atom is -0.376 e. The highest BCUT2D eigenvalue weighted by atomic mass is 16.5. The Morgan fingerprint density at radius 3 is 3.00 bits per heavy atom. The first-order valence-corrected chi connectivity index (χ1v) is 7.48. The van der Waals surface area contributed by atoms with Crippen molar-refractivity contribution in [3.05, 3.63) is 34.1 Å². The number of fused-ring (bicyclic) bond motifs is 3. The van der Waals surface area contributed by atoms with Crippen LogP contribution in [0.2, 0.25) is 0 Å². The quantitative estimate of drug-likeness (QED) is 0.711. The predicted octanol–water partition coefficient (Wildman–Crippen LogP) is 1.24. The molecule has 0 amide bonds. The Balaban J connectivity index is 1.92. The highest BCUT2D eigenvalue weighted by molar-refractivity contribution is 5.81. The molecule has 0 saturated carbocycles. The molecule has 0 aliphatic carbocycles. The van der Waals surface area contributed by atoms with Gasteiger partial charge in [-0.25, -0.2) is 4.98 Å². The number of aromatic nitrogens is 5. The lowest BCUT2D eigenvalue weighted by Gasteiger charge is -2.13. The van der Waals surface area contributed by atoms with Crippen molar-refractivity contribution in [2.24, 2.45) is 0 Å². The summed E-state index contributed by atoms with van der Waals surface area (Å²) in [5.41, 5.74) is 1.38. The van der Waals surface area contributed by atoms with E-state index in [0.717, 1.165) is 25.0 Å². The fourth-order valence-corrected chi connectivity index (χ4v) is 3.08. The van der Waals surface area contributed by atoms with Crippen molar-refractivity contribution in [1.82, 2.24) is 24.1 Å². The average Bonchev–Trinajstić information content (AvgIpc) is 3.10. The summed E-state index contributed by atoms with van der Waals surface area (Å²) in [6.45, 7) is 5.02. The van der Waals surface area contributed by atoms with E-state index < -0.39 is 0 Å². The lowest BCUT2D eigenvalue weighted by Crippen LogP contribution is -2.27. The Labute approximate surface area is 126 Å². The number of pyridine rings is 1. The van der Waals surface area contributed by atoms with Crippen LogP contribution in [-0.4, -0.2) is 36.9 Å². The molecule has 1 saturated heterocycles. The van der Waals surface area contributed by atoms with Gasteiger partial charge >= 0.3 is 0 Å². The molecule has 1 fully saturated rings. The maximum absolute atomic E-state index is 12.8. The normalized spacial score (nSPS) is 18.5. The summed E-state index contributed by atoms with van der Waals surface area (Å²) in [7, 11) is 0. The average molecular weight is 299 g/mol. The summed E-state index contributed by atoms with van der Waals surface area (Å²) in [5.74, 6) is 1.17. The van der Waals surface area contributed by atoms with Crippen LogP contribution in [0.3, 0.4) is 0 Å². The number of hydrogen-bond acceptors (Lipinski definition) is 5. The molecule has 7 nitrogen and oxygen atoms in total. The van der Waals surface area contributed by atoms with Crippen molar-refractivity contribution in [1.29, 1.82) is 0 Å². The van der Waals surface area contributed by atoms with Gasteiger partial charge in [-0.1, -0.05) is 0 Å². The molecule has 4 heterocycles. The first-order chi connectivity index (χ1) is 10.6. The minimum absolute atomic E-state index is 0.0481.